The summed E-state index contributed by atoms with van der Waals surface area (Å²) >= 11 is 3.52. The maximum atomic E-state index is 3.52. The first-order valence-electron chi connectivity index (χ1n) is 5.76. The zero-order chi connectivity index (χ0) is 9.52. The van der Waals surface area contributed by atoms with Gasteiger partial charge in [-0.3, -0.25) is 0 Å². The highest BCUT2D eigenvalue weighted by atomic mass is 79.9. The summed E-state index contributed by atoms with van der Waals surface area (Å²) in [4.78, 5) is 0. The second kappa shape index (κ2) is 7.05. The quantitative estimate of drug-likeness (QED) is 0.506. The van der Waals surface area contributed by atoms with Gasteiger partial charge in [-0.05, 0) is 18.8 Å². The molecule has 13 heavy (non-hydrogen) atoms. The van der Waals surface area contributed by atoms with Gasteiger partial charge in [0.05, 0.1) is 0 Å². The van der Waals surface area contributed by atoms with E-state index in [2.05, 4.69) is 22.9 Å². The van der Waals surface area contributed by atoms with Gasteiger partial charge in [0.2, 0.25) is 0 Å². The third-order valence-corrected chi connectivity index (χ3v) is 6.92. The van der Waals surface area contributed by atoms with Crippen LogP contribution in [0, 0.1) is 5.92 Å². The first kappa shape index (κ1) is 11.8. The molecule has 1 rings (SSSR count). The molecule has 0 unspecified atom stereocenters. The van der Waals surface area contributed by atoms with Crippen molar-refractivity contribution in [2.45, 2.75) is 57.2 Å². The minimum atomic E-state index is 0.132. The van der Waals surface area contributed by atoms with Crippen LogP contribution in [0.15, 0.2) is 0 Å². The Labute approximate surface area is 93.2 Å². The molecule has 1 fully saturated rings. The van der Waals surface area contributed by atoms with Gasteiger partial charge >= 0.3 is 0 Å². The largest absolute Gasteiger partial charge is 0.0928 e. The van der Waals surface area contributed by atoms with E-state index in [4.69, 9.17) is 0 Å². The van der Waals surface area contributed by atoms with E-state index in [-0.39, 0.29) is 8.80 Å². The predicted molar refractivity (Wildman–Crippen MR) is 66.2 cm³/mol. The van der Waals surface area contributed by atoms with E-state index in [9.17, 15) is 0 Å². The van der Waals surface area contributed by atoms with Gasteiger partial charge < -0.3 is 0 Å². The molecule has 0 nitrogen and oxygen atoms in total. The molecule has 0 aliphatic carbocycles. The monoisotopic (exact) mass is 261 g/mol. The van der Waals surface area contributed by atoms with Crippen molar-refractivity contribution in [2.75, 3.05) is 5.33 Å². The molecule has 2 heteroatoms. The highest BCUT2D eigenvalue weighted by Gasteiger charge is 2.20. The highest BCUT2D eigenvalue weighted by Crippen LogP contribution is 2.30. The van der Waals surface area contributed by atoms with Crippen LogP contribution in [0.5, 0.6) is 0 Å². The number of rotatable bonds is 5. The first-order valence-corrected chi connectivity index (χ1v) is 9.00. The molecular weight excluding hydrogens is 240 g/mol. The van der Waals surface area contributed by atoms with Crippen molar-refractivity contribution in [1.82, 2.24) is 0 Å². The fraction of sp³-hybridized carbons (Fsp3) is 1.00. The van der Waals surface area contributed by atoms with Crippen LogP contribution in [0.4, 0.5) is 0 Å². The molecule has 0 bridgehead atoms. The number of hydrogen-bond donors (Lipinski definition) is 0. The van der Waals surface area contributed by atoms with Gasteiger partial charge in [-0.25, -0.2) is 0 Å². The maximum absolute atomic E-state index is 3.52. The zero-order valence-electron chi connectivity index (χ0n) is 8.82. The molecular formula is C11H22BrSi. The predicted octanol–water partition coefficient (Wildman–Crippen LogP) is 4.48. The van der Waals surface area contributed by atoms with E-state index in [0.29, 0.717) is 0 Å². The van der Waals surface area contributed by atoms with Crippen molar-refractivity contribution >= 4 is 24.7 Å². The van der Waals surface area contributed by atoms with Crippen molar-refractivity contribution in [3.63, 3.8) is 0 Å². The van der Waals surface area contributed by atoms with E-state index >= 15 is 0 Å². The summed E-state index contributed by atoms with van der Waals surface area (Å²) < 4.78 is 0. The van der Waals surface area contributed by atoms with Crippen LogP contribution < -0.4 is 0 Å². The van der Waals surface area contributed by atoms with Gasteiger partial charge in [0, 0.05) is 14.1 Å². The molecule has 0 saturated carbocycles. The van der Waals surface area contributed by atoms with Crippen molar-refractivity contribution in [1.29, 1.82) is 0 Å². The fourth-order valence-corrected chi connectivity index (χ4v) is 5.76. The molecule has 1 aliphatic rings. The molecule has 1 saturated heterocycles. The zero-order valence-corrected chi connectivity index (χ0v) is 11.4. The maximum Gasteiger partial charge on any atom is 0.0479 e. The molecule has 0 aromatic carbocycles. The Kier molecular flexibility index (Phi) is 6.38. The Bertz CT molecular complexity index is 119. The molecule has 0 N–H and O–H groups in total. The average Bonchev–Trinajstić information content (AvgIpc) is 2.17. The fourth-order valence-electron chi connectivity index (χ4n) is 2.34. The van der Waals surface area contributed by atoms with Crippen LogP contribution in [0.1, 0.15) is 39.0 Å². The lowest BCUT2D eigenvalue weighted by molar-refractivity contribution is 0.434. The second-order valence-corrected chi connectivity index (χ2v) is 8.07. The van der Waals surface area contributed by atoms with Crippen LogP contribution in [0.2, 0.25) is 18.1 Å². The topological polar surface area (TPSA) is 0 Å². The van der Waals surface area contributed by atoms with Crippen molar-refractivity contribution < 1.29 is 0 Å². The van der Waals surface area contributed by atoms with Crippen molar-refractivity contribution in [3.8, 4) is 0 Å². The third-order valence-electron chi connectivity index (χ3n) is 3.16. The van der Waals surface area contributed by atoms with E-state index < -0.39 is 0 Å². The van der Waals surface area contributed by atoms with Gasteiger partial charge in [-0.1, -0.05) is 60.2 Å². The molecule has 0 amide bonds. The van der Waals surface area contributed by atoms with E-state index in [1.54, 1.807) is 31.0 Å². The lowest BCUT2D eigenvalue weighted by Crippen LogP contribution is -2.20. The lowest BCUT2D eigenvalue weighted by atomic mass is 9.97. The summed E-state index contributed by atoms with van der Waals surface area (Å²) in [7, 11) is 0.132. The normalized spacial score (nSPS) is 20.8. The Morgan fingerprint density at radius 1 is 1.31 bits per heavy atom. The highest BCUT2D eigenvalue weighted by molar-refractivity contribution is 9.09. The summed E-state index contributed by atoms with van der Waals surface area (Å²) in [6.07, 6.45) is 7.41. The Balaban J connectivity index is 2.08. The summed E-state index contributed by atoms with van der Waals surface area (Å²) in [5.74, 6) is 1.09. The van der Waals surface area contributed by atoms with Gasteiger partial charge in [0.25, 0.3) is 0 Å². The molecule has 1 radical (unpaired) electrons. The number of alkyl halides is 1. The van der Waals surface area contributed by atoms with Gasteiger partial charge in [0.1, 0.15) is 0 Å². The van der Waals surface area contributed by atoms with E-state index in [0.717, 1.165) is 5.92 Å². The van der Waals surface area contributed by atoms with Crippen LogP contribution in [-0.2, 0) is 0 Å². The molecule has 0 spiro atoms. The molecule has 0 aromatic rings. The Hall–Kier alpha value is 0.697. The van der Waals surface area contributed by atoms with Crippen LogP contribution >= 0.6 is 15.9 Å². The molecule has 0 aromatic heterocycles. The van der Waals surface area contributed by atoms with Crippen LogP contribution in [0.25, 0.3) is 0 Å². The SMILES string of the molecule is CCC[Si]1CCC(CCCBr)CC1. The summed E-state index contributed by atoms with van der Waals surface area (Å²) in [6, 6.07) is 4.81. The van der Waals surface area contributed by atoms with Crippen LogP contribution in [-0.4, -0.2) is 14.1 Å². The molecule has 1 aliphatic heterocycles. The molecule has 77 valence electrons. The third kappa shape index (κ3) is 4.64. The number of halogens is 1. The summed E-state index contributed by atoms with van der Waals surface area (Å²) in [6.45, 7) is 2.34. The van der Waals surface area contributed by atoms with E-state index in [1.165, 1.54) is 24.6 Å². The minimum absolute atomic E-state index is 0.132. The van der Waals surface area contributed by atoms with Crippen molar-refractivity contribution in [2.24, 2.45) is 5.92 Å². The first-order chi connectivity index (χ1) is 6.36. The van der Waals surface area contributed by atoms with Gasteiger partial charge in [-0.2, -0.15) is 0 Å². The average molecular weight is 262 g/mol. The van der Waals surface area contributed by atoms with E-state index in [1.807, 2.05) is 0 Å². The van der Waals surface area contributed by atoms with Gasteiger partial charge in [-0.15, -0.1) is 0 Å². The summed E-state index contributed by atoms with van der Waals surface area (Å²) in [5, 5.41) is 1.20. The summed E-state index contributed by atoms with van der Waals surface area (Å²) in [5.41, 5.74) is 0. The molecule has 0 atom stereocenters. The van der Waals surface area contributed by atoms with Gasteiger partial charge in [0.15, 0.2) is 0 Å². The Morgan fingerprint density at radius 3 is 2.54 bits per heavy atom. The lowest BCUT2D eigenvalue weighted by Gasteiger charge is -2.26. The number of hydrogen-bond acceptors (Lipinski definition) is 0. The smallest absolute Gasteiger partial charge is 0.0479 e. The molecule has 1 heterocycles. The van der Waals surface area contributed by atoms with Crippen molar-refractivity contribution in [3.05, 3.63) is 0 Å². The minimum Gasteiger partial charge on any atom is -0.0928 e. The van der Waals surface area contributed by atoms with Crippen LogP contribution in [0.3, 0.4) is 0 Å². The second-order valence-electron chi connectivity index (χ2n) is 4.27. The standard InChI is InChI=1S/C11H22BrSi/c1-2-8-13-9-5-11(6-10-13)4-3-7-12/h11H,2-10H2,1H3. The Morgan fingerprint density at radius 2 is 2.00 bits per heavy atom.